The molecule has 5 heteroatoms. The van der Waals surface area contributed by atoms with Crippen molar-refractivity contribution in [2.75, 3.05) is 0 Å². The summed E-state index contributed by atoms with van der Waals surface area (Å²) in [5.41, 5.74) is 15.3. The van der Waals surface area contributed by atoms with Crippen LogP contribution in [0.4, 0.5) is 0 Å². The van der Waals surface area contributed by atoms with Gasteiger partial charge in [0.1, 0.15) is 11.6 Å². The zero-order chi connectivity index (χ0) is 44.6. The Hall–Kier alpha value is -6.35. The van der Waals surface area contributed by atoms with Crippen LogP contribution in [0.5, 0.6) is 5.75 Å². The summed E-state index contributed by atoms with van der Waals surface area (Å²) >= 11 is 0. The van der Waals surface area contributed by atoms with Gasteiger partial charge in [-0.2, -0.15) is 0 Å². The Kier molecular flexibility index (Phi) is 11.8. The molecule has 0 atom stereocenters. The topological polar surface area (TPSA) is 50.9 Å². The smallest absolute Gasteiger partial charge is 0.148 e. The molecule has 2 saturated carbocycles. The van der Waals surface area contributed by atoms with Gasteiger partial charge in [0.2, 0.25) is 0 Å². The average molecular weight is 1030 g/mol. The molecule has 2 fully saturated rings. The van der Waals surface area contributed by atoms with Gasteiger partial charge >= 0.3 is 0 Å². The van der Waals surface area contributed by atoms with Crippen molar-refractivity contribution >= 4 is 11.0 Å². The van der Waals surface area contributed by atoms with Crippen molar-refractivity contribution in [2.45, 2.75) is 64.2 Å². The van der Waals surface area contributed by atoms with Gasteiger partial charge in [-0.1, -0.05) is 189 Å². The number of benzene rings is 7. The summed E-state index contributed by atoms with van der Waals surface area (Å²) in [6.45, 7) is 0. The van der Waals surface area contributed by atoms with Crippen molar-refractivity contribution in [3.8, 4) is 78.6 Å². The van der Waals surface area contributed by atoms with Gasteiger partial charge in [0.25, 0.3) is 0 Å². The first-order valence-electron chi connectivity index (χ1n) is 24.1. The molecule has 2 aliphatic carbocycles. The van der Waals surface area contributed by atoms with Gasteiger partial charge in [-0.3, -0.25) is 9.55 Å². The van der Waals surface area contributed by atoms with Gasteiger partial charge in [0, 0.05) is 41.3 Å². The van der Waals surface area contributed by atoms with E-state index in [2.05, 4.69) is 120 Å². The maximum Gasteiger partial charge on any atom is 0.148 e. The molecule has 2 heterocycles. The largest absolute Gasteiger partial charge is 0.507 e. The summed E-state index contributed by atoms with van der Waals surface area (Å²) in [6.07, 6.45) is 10.9. The van der Waals surface area contributed by atoms with E-state index in [0.29, 0.717) is 17.3 Å². The molecule has 0 radical (unpaired) electrons. The molecule has 0 saturated heterocycles. The second kappa shape index (κ2) is 19.0. The molecule has 2 aromatic heterocycles. The summed E-state index contributed by atoms with van der Waals surface area (Å²) in [5.74, 6) is 1.61. The molecule has 4 nitrogen and oxygen atoms in total. The Morgan fingerprint density at radius 2 is 1.20 bits per heavy atom. The number of hydrogen-bond donors (Lipinski definition) is 1. The van der Waals surface area contributed by atoms with E-state index in [1.54, 1.807) is 6.07 Å². The third-order valence-corrected chi connectivity index (χ3v) is 13.5. The predicted octanol–water partition coefficient (Wildman–Crippen LogP) is 15.4. The van der Waals surface area contributed by atoms with Gasteiger partial charge in [0.15, 0.2) is 0 Å². The van der Waals surface area contributed by atoms with Crippen molar-refractivity contribution in [3.63, 3.8) is 0 Å². The Bertz CT molecular complexity index is 3170. The van der Waals surface area contributed by atoms with Gasteiger partial charge in [0.05, 0.1) is 22.3 Å². The van der Waals surface area contributed by atoms with E-state index in [4.69, 9.17) is 12.7 Å². The normalized spacial score (nSPS) is 14.9. The molecule has 0 spiro atoms. The van der Waals surface area contributed by atoms with Crippen molar-refractivity contribution < 1.29 is 28.9 Å². The number of aromatic nitrogens is 3. The number of para-hydroxylation sites is 2. The first-order valence-corrected chi connectivity index (χ1v) is 23.1. The van der Waals surface area contributed by atoms with Crippen LogP contribution in [0, 0.1) is 17.9 Å². The van der Waals surface area contributed by atoms with E-state index in [-0.39, 0.29) is 32.7 Å². The zero-order valence-electron chi connectivity index (χ0n) is 38.4. The maximum absolute atomic E-state index is 11.5. The Balaban J connectivity index is 0.00000525. The van der Waals surface area contributed by atoms with Crippen LogP contribution >= 0.6 is 0 Å². The molecule has 0 bridgehead atoms. The van der Waals surface area contributed by atoms with Gasteiger partial charge in [-0.15, -0.1) is 23.8 Å². The van der Waals surface area contributed by atoms with Gasteiger partial charge in [-0.05, 0) is 94.4 Å². The standard InChI is InChI=1S/C60H52N3O.Pt/c64-58-25-12-11-22-53(58)60-62-59-52(23-13-24-57(59)63(60)56-31-28-44(35-42-16-9-10-17-42)36-54(56)47-20-5-2-6-21-47)50-37-49(45-18-3-1-4-19-45)38-51(39-50)55-40-48(32-33-61-55)46-29-26-43(27-30-46)34-41-14-7-8-15-41;/h1-6,11-13,18-33,36-38,40-42,64H,7-10,14-17,34-35H2;/q-1;/i34D2;. The quantitative estimate of drug-likeness (QED) is 0.131. The molecule has 11 rings (SSSR count). The number of imidazole rings is 1. The summed E-state index contributed by atoms with van der Waals surface area (Å²) in [7, 11) is 0. The molecular weight excluding hydrogens is 974 g/mol. The minimum atomic E-state index is -1.34. The van der Waals surface area contributed by atoms with Crippen LogP contribution in [0.3, 0.4) is 0 Å². The van der Waals surface area contributed by atoms with E-state index in [1.807, 2.05) is 60.8 Å². The first-order chi connectivity index (χ1) is 32.4. The zero-order valence-corrected chi connectivity index (χ0v) is 38.6. The Labute approximate surface area is 400 Å². The van der Waals surface area contributed by atoms with Crippen molar-refractivity contribution in [1.29, 1.82) is 0 Å². The van der Waals surface area contributed by atoms with E-state index in [1.165, 1.54) is 31.2 Å². The van der Waals surface area contributed by atoms with Crippen molar-refractivity contribution in [2.24, 2.45) is 11.8 Å². The molecule has 7 aromatic carbocycles. The summed E-state index contributed by atoms with van der Waals surface area (Å²) in [4.78, 5) is 10.4. The monoisotopic (exact) mass is 1030 g/mol. The van der Waals surface area contributed by atoms with Crippen molar-refractivity contribution in [1.82, 2.24) is 14.5 Å². The molecule has 2 aliphatic rings. The molecule has 9 aromatic rings. The number of hydrogen-bond acceptors (Lipinski definition) is 3. The third-order valence-electron chi connectivity index (χ3n) is 13.5. The number of phenols is 1. The fourth-order valence-electron chi connectivity index (χ4n) is 10.2. The number of pyridine rings is 1. The Morgan fingerprint density at radius 1 is 0.554 bits per heavy atom. The van der Waals surface area contributed by atoms with E-state index < -0.39 is 6.37 Å². The fourth-order valence-corrected chi connectivity index (χ4v) is 10.2. The summed E-state index contributed by atoms with van der Waals surface area (Å²) < 4.78 is 20.1. The molecule has 0 aliphatic heterocycles. The van der Waals surface area contributed by atoms with Crippen LogP contribution in [-0.4, -0.2) is 19.6 Å². The van der Waals surface area contributed by atoms with Gasteiger partial charge < -0.3 is 5.11 Å². The number of nitrogens with zero attached hydrogens (tertiary/aromatic N) is 3. The van der Waals surface area contributed by atoms with E-state index >= 15 is 0 Å². The van der Waals surface area contributed by atoms with Crippen LogP contribution in [0.2, 0.25) is 0 Å². The Morgan fingerprint density at radius 3 is 1.95 bits per heavy atom. The van der Waals surface area contributed by atoms with Crippen LogP contribution in [0.15, 0.2) is 176 Å². The number of rotatable bonds is 11. The second-order valence-electron chi connectivity index (χ2n) is 17.7. The first kappa shape index (κ1) is 40.2. The predicted molar refractivity (Wildman–Crippen MR) is 263 cm³/mol. The van der Waals surface area contributed by atoms with Crippen LogP contribution in [0.25, 0.3) is 83.9 Å². The number of phenolic OH excluding ortho intramolecular Hbond substituents is 1. The fraction of sp³-hybridized carbons (Fsp3) is 0.200. The minimum Gasteiger partial charge on any atom is -0.507 e. The molecule has 0 amide bonds. The second-order valence-corrected chi connectivity index (χ2v) is 17.7. The SMILES string of the molecule is [2H]C([2H])(c1ccc(-c2ccnc(-c3[c-]c(-c4cccc5c4nc(-c4ccccc4O)n5-c4ccc(CC5CCCC5)cc4-c4ccccc4)cc(-c4ccccc4)c3)c2)cc1)C1CCCC1.[Pt]. The third kappa shape index (κ3) is 8.90. The summed E-state index contributed by atoms with van der Waals surface area (Å²) in [5, 5.41) is 11.5. The van der Waals surface area contributed by atoms with Crippen LogP contribution < -0.4 is 0 Å². The minimum absolute atomic E-state index is 0. The van der Waals surface area contributed by atoms with Gasteiger partial charge in [-0.25, -0.2) is 4.98 Å². The molecule has 0 unspecified atom stereocenters. The summed E-state index contributed by atoms with van der Waals surface area (Å²) in [6, 6.07) is 62.1. The molecular formula is C60H52N3OPt-. The number of aromatic hydroxyl groups is 1. The molecule has 1 N–H and O–H groups in total. The molecule has 324 valence electrons. The number of fused-ring (bicyclic) bond motifs is 1. The van der Waals surface area contributed by atoms with E-state index in [9.17, 15) is 5.11 Å². The maximum atomic E-state index is 11.5. The average Bonchev–Trinajstić information content (AvgIpc) is 4.18. The van der Waals surface area contributed by atoms with Crippen molar-refractivity contribution in [3.05, 3.63) is 193 Å². The molecule has 65 heavy (non-hydrogen) atoms. The van der Waals surface area contributed by atoms with Crippen LogP contribution in [-0.2, 0) is 33.9 Å². The van der Waals surface area contributed by atoms with E-state index in [0.717, 1.165) is 110 Å². The van der Waals surface area contributed by atoms with Crippen LogP contribution in [0.1, 0.15) is 65.2 Å².